The topological polar surface area (TPSA) is 222 Å². The van der Waals surface area contributed by atoms with Crippen LogP contribution in [-0.2, 0) is 57.1 Å². The number of aliphatic hydroxyl groups is 3. The van der Waals surface area contributed by atoms with Crippen LogP contribution in [0.2, 0.25) is 0 Å². The Kier molecular flexibility index (Phi) is 21.7. The molecule has 0 bridgehead atoms. The first kappa shape index (κ1) is 57.0. The Balaban J connectivity index is 1.44. The summed E-state index contributed by atoms with van der Waals surface area (Å²) < 4.78 is 49.8. The van der Waals surface area contributed by atoms with Gasteiger partial charge in [-0.25, -0.2) is 0 Å². The molecular weight excluding hydrogens is 907 g/mol. The molecule has 3 N–H and O–H groups in total. The lowest BCUT2D eigenvalue weighted by Crippen LogP contribution is -2.66. The molecule has 3 fully saturated rings. The number of β-amino-alcohol motifs (C(OH)–C–C–N with tert-alkyl or cyclic N) is 1. The average molecular weight is 986 g/mol. The summed E-state index contributed by atoms with van der Waals surface area (Å²) in [5, 5.41) is 36.3. The summed E-state index contributed by atoms with van der Waals surface area (Å²) >= 11 is 0. The maximum Gasteiger partial charge on any atom is 0.309 e. The van der Waals surface area contributed by atoms with Crippen molar-refractivity contribution in [3.8, 4) is 0 Å². The quantitative estimate of drug-likeness (QED) is 0.126. The molecule has 18 nitrogen and oxygen atoms in total. The van der Waals surface area contributed by atoms with E-state index < -0.39 is 116 Å². The molecule has 1 aromatic heterocycles. The zero-order chi connectivity index (χ0) is 51.3. The van der Waals surface area contributed by atoms with E-state index in [1.807, 2.05) is 61.4 Å². The number of esters is 3. The molecule has 0 saturated carbocycles. The number of cyclic esters (lactones) is 1. The number of ether oxygens (including phenoxy) is 8. The number of aromatic nitrogens is 1. The fraction of sp³-hybridized carbons (Fsp3) is 0.712. The lowest BCUT2D eigenvalue weighted by molar-refractivity contribution is -0.344. The van der Waals surface area contributed by atoms with Crippen molar-refractivity contribution in [1.82, 2.24) is 14.8 Å². The number of carbonyl (C=O) groups is 4. The molecule has 0 unspecified atom stereocenters. The van der Waals surface area contributed by atoms with Gasteiger partial charge in [-0.3, -0.25) is 19.4 Å². The Morgan fingerprint density at radius 3 is 2.37 bits per heavy atom. The molecule has 392 valence electrons. The predicted octanol–water partition coefficient (Wildman–Crippen LogP) is 4.61. The van der Waals surface area contributed by atoms with Crippen LogP contribution in [0.1, 0.15) is 105 Å². The fourth-order valence-electron chi connectivity index (χ4n) is 9.97. The van der Waals surface area contributed by atoms with Crippen molar-refractivity contribution in [1.29, 1.82) is 0 Å². The van der Waals surface area contributed by atoms with Crippen molar-refractivity contribution in [2.24, 2.45) is 11.8 Å². The third kappa shape index (κ3) is 15.5. The van der Waals surface area contributed by atoms with E-state index in [-0.39, 0.29) is 38.0 Å². The molecule has 0 amide bonds. The van der Waals surface area contributed by atoms with Gasteiger partial charge in [0, 0.05) is 57.3 Å². The monoisotopic (exact) mass is 986 g/mol. The summed E-state index contributed by atoms with van der Waals surface area (Å²) in [7, 11) is 6.82. The Morgan fingerprint density at radius 1 is 0.986 bits per heavy atom. The number of fused-ring (bicyclic) bond motifs is 1. The smallest absolute Gasteiger partial charge is 0.309 e. The van der Waals surface area contributed by atoms with Crippen LogP contribution in [0, 0.1) is 11.8 Å². The van der Waals surface area contributed by atoms with Gasteiger partial charge in [0.1, 0.15) is 42.4 Å². The van der Waals surface area contributed by atoms with Crippen LogP contribution in [0.4, 0.5) is 0 Å². The zero-order valence-corrected chi connectivity index (χ0v) is 42.7. The molecule has 2 aromatic rings. The number of hydrogen-bond donors (Lipinski definition) is 3. The number of nitrogens with zero attached hydrogens (tertiary/aromatic N) is 3. The molecule has 3 saturated heterocycles. The maximum absolute atomic E-state index is 14.1. The third-order valence-corrected chi connectivity index (χ3v) is 13.8. The van der Waals surface area contributed by atoms with E-state index in [9.17, 15) is 34.5 Å². The number of likely N-dealkylation sites (N-methyl/N-ethyl adjacent to an activating group) is 2. The van der Waals surface area contributed by atoms with E-state index in [2.05, 4.69) is 4.98 Å². The van der Waals surface area contributed by atoms with Crippen molar-refractivity contribution in [2.75, 3.05) is 41.3 Å². The summed E-state index contributed by atoms with van der Waals surface area (Å²) in [6.07, 6.45) is -4.34. The second-order valence-corrected chi connectivity index (χ2v) is 19.8. The fourth-order valence-corrected chi connectivity index (χ4v) is 9.97. The number of aliphatic hydroxyl groups excluding tert-OH is 2. The second kappa shape index (κ2) is 26.7. The summed E-state index contributed by atoms with van der Waals surface area (Å²) in [5.41, 5.74) is 0.266. The van der Waals surface area contributed by atoms with Crippen LogP contribution in [0.3, 0.4) is 0 Å². The number of methoxy groups -OCH3 is 1. The molecule has 0 spiro atoms. The minimum atomic E-state index is -1.50. The van der Waals surface area contributed by atoms with Crippen LogP contribution in [0.15, 0.2) is 42.6 Å². The van der Waals surface area contributed by atoms with Gasteiger partial charge in [-0.2, -0.15) is 0 Å². The molecule has 70 heavy (non-hydrogen) atoms. The predicted molar refractivity (Wildman–Crippen MR) is 259 cm³/mol. The van der Waals surface area contributed by atoms with Gasteiger partial charge >= 0.3 is 17.9 Å². The molecule has 16 atom stereocenters. The first-order chi connectivity index (χ1) is 33.3. The lowest BCUT2D eigenvalue weighted by Gasteiger charge is -2.50. The second-order valence-electron chi connectivity index (χ2n) is 19.8. The van der Waals surface area contributed by atoms with Crippen LogP contribution in [0.25, 0.3) is 17.0 Å². The number of hydrogen-bond acceptors (Lipinski definition) is 18. The van der Waals surface area contributed by atoms with Crippen molar-refractivity contribution in [3.63, 3.8) is 0 Å². The summed E-state index contributed by atoms with van der Waals surface area (Å²) in [5.74, 6) is -2.81. The number of benzene rings is 1. The molecule has 3 aliphatic rings. The van der Waals surface area contributed by atoms with Gasteiger partial charge in [-0.05, 0) is 97.3 Å². The average Bonchev–Trinajstić information content (AvgIpc) is 3.30. The van der Waals surface area contributed by atoms with E-state index >= 15 is 0 Å². The summed E-state index contributed by atoms with van der Waals surface area (Å²) in [6, 6.07) is 9.07. The van der Waals surface area contributed by atoms with Gasteiger partial charge in [0.15, 0.2) is 18.7 Å². The highest BCUT2D eigenvalue weighted by Crippen LogP contribution is 2.38. The molecule has 18 heteroatoms. The summed E-state index contributed by atoms with van der Waals surface area (Å²) in [4.78, 5) is 60.5. The van der Waals surface area contributed by atoms with Gasteiger partial charge in [-0.1, -0.05) is 51.1 Å². The number of aldehydes is 1. The van der Waals surface area contributed by atoms with E-state index in [0.29, 0.717) is 32.4 Å². The molecule has 3 aliphatic heterocycles. The Morgan fingerprint density at radius 2 is 1.70 bits per heavy atom. The Bertz CT molecular complexity index is 2020. The van der Waals surface area contributed by atoms with Gasteiger partial charge < -0.3 is 67.8 Å². The maximum atomic E-state index is 14.1. The van der Waals surface area contributed by atoms with E-state index in [0.717, 1.165) is 22.8 Å². The van der Waals surface area contributed by atoms with Crippen LogP contribution < -0.4 is 0 Å². The lowest BCUT2D eigenvalue weighted by atomic mass is 9.82. The van der Waals surface area contributed by atoms with E-state index in [1.165, 1.54) is 7.11 Å². The van der Waals surface area contributed by atoms with Crippen molar-refractivity contribution < 1.29 is 72.4 Å². The molecule has 0 radical (unpaired) electrons. The first-order valence-electron chi connectivity index (χ1n) is 24.9. The van der Waals surface area contributed by atoms with Crippen LogP contribution >= 0.6 is 0 Å². The molecule has 4 heterocycles. The van der Waals surface area contributed by atoms with Gasteiger partial charge in [0.2, 0.25) is 0 Å². The van der Waals surface area contributed by atoms with Gasteiger partial charge in [0.05, 0.1) is 42.4 Å². The number of rotatable bonds is 15. The number of para-hydroxylation sites is 1. The number of pyridine rings is 1. The minimum Gasteiger partial charge on any atom is -0.462 e. The highest BCUT2D eigenvalue weighted by atomic mass is 16.7. The number of carbonyl (C=O) groups excluding carboxylic acids is 4. The summed E-state index contributed by atoms with van der Waals surface area (Å²) in [6.45, 7) is 11.1. The minimum absolute atomic E-state index is 0.0175. The third-order valence-electron chi connectivity index (χ3n) is 13.8. The first-order valence-corrected chi connectivity index (χ1v) is 24.9. The highest BCUT2D eigenvalue weighted by molar-refractivity contribution is 5.80. The normalized spacial score (nSPS) is 35.6. The molecule has 1 aromatic carbocycles. The van der Waals surface area contributed by atoms with E-state index in [1.54, 1.807) is 59.8 Å². The molecular formula is C52H79N3O15. The van der Waals surface area contributed by atoms with Crippen molar-refractivity contribution in [2.45, 2.75) is 185 Å². The van der Waals surface area contributed by atoms with Crippen LogP contribution in [-0.4, -0.2) is 181 Å². The zero-order valence-electron chi connectivity index (χ0n) is 42.7. The highest BCUT2D eigenvalue weighted by Gasteiger charge is 2.53. The Labute approximate surface area is 413 Å². The SMILES string of the molecule is CCC(=O)O[C@@H]1CC(=O)O[C@@H](C/C=C/c2cnc3ccccc3c2)CCCN(C)C[C@H](O)[C@H](C)C[C@H](CC=O)[C@H](O[C@@H]2O[C@H](C)[C@@H](O[C@H]3C[C@@](C)(O)[C@@H](OC(=O)CC)[C@H](C)O3)[C@H](N(C)C)[C@H]2O)[C@H]1OC. The Hall–Kier alpha value is -3.95. The van der Waals surface area contributed by atoms with Crippen LogP contribution in [0.5, 0.6) is 0 Å². The molecule has 0 aliphatic carbocycles. The largest absolute Gasteiger partial charge is 0.462 e. The molecule has 5 rings (SSSR count). The van der Waals surface area contributed by atoms with Crippen molar-refractivity contribution >= 4 is 41.2 Å². The standard InChI is InChI=1S/C52H79N3O15/c1-11-41(58)67-40-27-43(60)66-37(19-15-17-34-26-35-18-13-14-21-38(35)53-29-34)20-16-23-55(9)30-39(57)31(3)25-36(22-24-56)48(49(40)63-10)70-51-46(61)45(54(7)8)47(32(4)65-51)69-44-28-52(6,62)50(33(5)64-44)68-42(59)12-2/h13-15,17-18,21,24,26,29,31-33,36-37,39-40,44-51,57,61-62H,11-12,16,19-20,22-23,25,27-28,30H2,1-10H3/b17-15+/t31-,32-,33+,36+,37+,39+,40-,44+,45-,46-,47-,48+,49+,50+,51+,52-/m1/s1. The van der Waals surface area contributed by atoms with Gasteiger partial charge in [-0.15, -0.1) is 0 Å². The van der Waals surface area contributed by atoms with Crippen molar-refractivity contribution in [3.05, 3.63) is 48.2 Å². The van der Waals surface area contributed by atoms with E-state index in [4.69, 9.17) is 37.9 Å². The van der Waals surface area contributed by atoms with Gasteiger partial charge in [0.25, 0.3) is 0 Å².